The summed E-state index contributed by atoms with van der Waals surface area (Å²) in [5, 5.41) is 15.0. The number of aryl methyl sites for hydroxylation is 2. The standard InChI is InChI=1S/C13H23N3O3/c1-5-10(6-2)11(17)7-14-12(18)16-13-15-8(3)9(4)19-13/h10-11,17H,5-7H2,1-4H3,(H2,14,15,16,18). The summed E-state index contributed by atoms with van der Waals surface area (Å²) in [7, 11) is 0. The van der Waals surface area contributed by atoms with Crippen LogP contribution < -0.4 is 10.6 Å². The first-order valence-corrected chi connectivity index (χ1v) is 6.64. The molecule has 0 spiro atoms. The topological polar surface area (TPSA) is 87.4 Å². The van der Waals surface area contributed by atoms with Crippen molar-refractivity contribution in [3.05, 3.63) is 11.5 Å². The first-order valence-electron chi connectivity index (χ1n) is 6.64. The molecule has 3 N–H and O–H groups in total. The third-order valence-electron chi connectivity index (χ3n) is 3.31. The minimum atomic E-state index is -0.534. The van der Waals surface area contributed by atoms with Crippen molar-refractivity contribution in [1.82, 2.24) is 10.3 Å². The number of hydrogen-bond acceptors (Lipinski definition) is 4. The van der Waals surface area contributed by atoms with E-state index in [0.29, 0.717) is 5.76 Å². The Hall–Kier alpha value is -1.56. The summed E-state index contributed by atoms with van der Waals surface area (Å²) in [6, 6.07) is -0.254. The molecule has 0 aromatic carbocycles. The molecule has 0 fully saturated rings. The van der Waals surface area contributed by atoms with E-state index >= 15 is 0 Å². The van der Waals surface area contributed by atoms with Gasteiger partial charge in [0.1, 0.15) is 5.76 Å². The number of carbonyl (C=O) groups excluding carboxylic acids is 1. The van der Waals surface area contributed by atoms with E-state index in [1.807, 2.05) is 13.8 Å². The molecule has 1 rings (SSSR count). The number of aliphatic hydroxyl groups is 1. The van der Waals surface area contributed by atoms with Crippen LogP contribution >= 0.6 is 0 Å². The van der Waals surface area contributed by atoms with Crippen LogP contribution in [0.4, 0.5) is 10.8 Å². The van der Waals surface area contributed by atoms with Gasteiger partial charge in [0.25, 0.3) is 0 Å². The number of aromatic nitrogens is 1. The van der Waals surface area contributed by atoms with E-state index in [-0.39, 0.29) is 18.5 Å². The molecule has 1 atom stereocenters. The minimum Gasteiger partial charge on any atom is -0.428 e. The zero-order valence-electron chi connectivity index (χ0n) is 12.0. The fraction of sp³-hybridized carbons (Fsp3) is 0.692. The summed E-state index contributed by atoms with van der Waals surface area (Å²) < 4.78 is 5.24. The van der Waals surface area contributed by atoms with Gasteiger partial charge < -0.3 is 14.8 Å². The van der Waals surface area contributed by atoms with Crippen molar-refractivity contribution < 1.29 is 14.3 Å². The van der Waals surface area contributed by atoms with Gasteiger partial charge in [-0.15, -0.1) is 0 Å². The molecule has 108 valence electrons. The maximum Gasteiger partial charge on any atom is 0.322 e. The van der Waals surface area contributed by atoms with E-state index in [1.54, 1.807) is 13.8 Å². The molecular formula is C13H23N3O3. The highest BCUT2D eigenvalue weighted by molar-refractivity contribution is 5.86. The van der Waals surface area contributed by atoms with Crippen LogP contribution in [-0.2, 0) is 0 Å². The van der Waals surface area contributed by atoms with Gasteiger partial charge in [-0.25, -0.2) is 4.79 Å². The molecule has 1 aromatic heterocycles. The van der Waals surface area contributed by atoms with Crippen molar-refractivity contribution in [3.8, 4) is 0 Å². The maximum atomic E-state index is 11.6. The van der Waals surface area contributed by atoms with Gasteiger partial charge in [-0.05, 0) is 19.8 Å². The lowest BCUT2D eigenvalue weighted by Gasteiger charge is -2.20. The molecule has 0 aliphatic rings. The first-order chi connectivity index (χ1) is 8.97. The number of urea groups is 1. The molecule has 0 bridgehead atoms. The number of nitrogens with zero attached hydrogens (tertiary/aromatic N) is 1. The molecule has 0 saturated carbocycles. The average Bonchev–Trinajstić information content (AvgIpc) is 2.67. The molecule has 6 heteroatoms. The molecule has 6 nitrogen and oxygen atoms in total. The molecule has 19 heavy (non-hydrogen) atoms. The van der Waals surface area contributed by atoms with E-state index in [9.17, 15) is 9.90 Å². The van der Waals surface area contributed by atoms with Crippen molar-refractivity contribution in [3.63, 3.8) is 0 Å². The van der Waals surface area contributed by atoms with Gasteiger partial charge in [0.05, 0.1) is 11.8 Å². The normalized spacial score (nSPS) is 12.5. The van der Waals surface area contributed by atoms with E-state index in [1.165, 1.54) is 0 Å². The molecule has 1 unspecified atom stereocenters. The molecule has 0 radical (unpaired) electrons. The summed E-state index contributed by atoms with van der Waals surface area (Å²) in [6.45, 7) is 7.85. The van der Waals surface area contributed by atoms with Crippen molar-refractivity contribution in [1.29, 1.82) is 0 Å². The lowest BCUT2D eigenvalue weighted by atomic mass is 9.97. The lowest BCUT2D eigenvalue weighted by Crippen LogP contribution is -2.38. The van der Waals surface area contributed by atoms with Crippen LogP contribution in [0.2, 0.25) is 0 Å². The third-order valence-corrected chi connectivity index (χ3v) is 3.31. The summed E-state index contributed by atoms with van der Waals surface area (Å²) >= 11 is 0. The van der Waals surface area contributed by atoms with E-state index in [2.05, 4.69) is 15.6 Å². The van der Waals surface area contributed by atoms with E-state index in [0.717, 1.165) is 18.5 Å². The second-order valence-electron chi connectivity index (χ2n) is 4.64. The number of rotatable bonds is 6. The Morgan fingerprint density at radius 2 is 2.00 bits per heavy atom. The Morgan fingerprint density at radius 3 is 2.47 bits per heavy atom. The van der Waals surface area contributed by atoms with Gasteiger partial charge in [0.2, 0.25) is 0 Å². The van der Waals surface area contributed by atoms with Crippen LogP contribution in [0, 0.1) is 19.8 Å². The SMILES string of the molecule is CCC(CC)C(O)CNC(=O)Nc1nc(C)c(C)o1. The van der Waals surface area contributed by atoms with Crippen LogP contribution in [0.3, 0.4) is 0 Å². The highest BCUT2D eigenvalue weighted by atomic mass is 16.4. The second kappa shape index (κ2) is 7.13. The van der Waals surface area contributed by atoms with Crippen LogP contribution in [0.1, 0.15) is 38.1 Å². The van der Waals surface area contributed by atoms with Gasteiger partial charge in [-0.1, -0.05) is 26.7 Å². The van der Waals surface area contributed by atoms with Crippen LogP contribution in [0.25, 0.3) is 0 Å². The number of carbonyl (C=O) groups is 1. The number of anilines is 1. The number of hydrogen-bond donors (Lipinski definition) is 3. The Morgan fingerprint density at radius 1 is 1.37 bits per heavy atom. The van der Waals surface area contributed by atoms with Crippen molar-refractivity contribution in [2.45, 2.75) is 46.6 Å². The van der Waals surface area contributed by atoms with Crippen molar-refractivity contribution >= 4 is 12.0 Å². The van der Waals surface area contributed by atoms with Gasteiger partial charge in [0.15, 0.2) is 0 Å². The first kappa shape index (κ1) is 15.5. The Labute approximate surface area is 113 Å². The highest BCUT2D eigenvalue weighted by Gasteiger charge is 2.16. The lowest BCUT2D eigenvalue weighted by molar-refractivity contribution is 0.104. The molecule has 0 aliphatic heterocycles. The predicted molar refractivity (Wildman–Crippen MR) is 73.1 cm³/mol. The number of oxazole rings is 1. The quantitative estimate of drug-likeness (QED) is 0.739. The monoisotopic (exact) mass is 269 g/mol. The number of aliphatic hydroxyl groups excluding tert-OH is 1. The smallest absolute Gasteiger partial charge is 0.322 e. The van der Waals surface area contributed by atoms with Crippen molar-refractivity contribution in [2.24, 2.45) is 5.92 Å². The highest BCUT2D eigenvalue weighted by Crippen LogP contribution is 2.13. The molecule has 0 aliphatic carbocycles. The summed E-state index contributed by atoms with van der Waals surface area (Å²) in [5.74, 6) is 0.874. The van der Waals surface area contributed by atoms with E-state index < -0.39 is 12.1 Å². The molecular weight excluding hydrogens is 246 g/mol. The molecule has 2 amide bonds. The zero-order chi connectivity index (χ0) is 14.4. The van der Waals surface area contributed by atoms with Crippen molar-refractivity contribution in [2.75, 3.05) is 11.9 Å². The van der Waals surface area contributed by atoms with Gasteiger partial charge in [-0.2, -0.15) is 4.98 Å². The van der Waals surface area contributed by atoms with Crippen LogP contribution in [-0.4, -0.2) is 28.8 Å². The largest absolute Gasteiger partial charge is 0.428 e. The van der Waals surface area contributed by atoms with E-state index in [4.69, 9.17) is 4.42 Å². The Balaban J connectivity index is 2.39. The number of amides is 2. The summed E-state index contributed by atoms with van der Waals surface area (Å²) in [5.41, 5.74) is 0.743. The molecule has 1 heterocycles. The number of nitrogens with one attached hydrogen (secondary N) is 2. The molecule has 0 saturated heterocycles. The Kier molecular flexibility index (Phi) is 5.82. The van der Waals surface area contributed by atoms with Gasteiger partial charge in [-0.3, -0.25) is 5.32 Å². The summed E-state index contributed by atoms with van der Waals surface area (Å²) in [4.78, 5) is 15.6. The molecule has 1 aromatic rings. The van der Waals surface area contributed by atoms with Gasteiger partial charge in [0, 0.05) is 6.54 Å². The van der Waals surface area contributed by atoms with Crippen LogP contribution in [0.5, 0.6) is 0 Å². The fourth-order valence-corrected chi connectivity index (χ4v) is 1.86. The average molecular weight is 269 g/mol. The Bertz CT molecular complexity index is 394. The minimum absolute atomic E-state index is 0.171. The van der Waals surface area contributed by atoms with Crippen LogP contribution in [0.15, 0.2) is 4.42 Å². The maximum absolute atomic E-state index is 11.6. The second-order valence-corrected chi connectivity index (χ2v) is 4.64. The predicted octanol–water partition coefficient (Wildman–Crippen LogP) is 2.21. The van der Waals surface area contributed by atoms with Gasteiger partial charge >= 0.3 is 12.0 Å². The summed E-state index contributed by atoms with van der Waals surface area (Å²) in [6.07, 6.45) is 1.24. The third kappa shape index (κ3) is 4.55. The zero-order valence-corrected chi connectivity index (χ0v) is 12.0. The fourth-order valence-electron chi connectivity index (χ4n) is 1.86.